The molecule has 0 saturated carbocycles. The third kappa shape index (κ3) is 2.54. The van der Waals surface area contributed by atoms with Crippen LogP contribution in [0.5, 0.6) is 0 Å². The predicted molar refractivity (Wildman–Crippen MR) is 57.8 cm³/mol. The second-order valence-electron chi connectivity index (χ2n) is 2.55. The molecule has 2 nitrogen and oxygen atoms in total. The minimum Gasteiger partial charge on any atom is -0.468 e. The molecule has 0 fully saturated rings. The van der Waals surface area contributed by atoms with Gasteiger partial charge in [0.25, 0.3) is 0 Å². The van der Waals surface area contributed by atoms with E-state index in [2.05, 4.69) is 36.6 Å². The Labute approximate surface area is 97.7 Å². The minimum atomic E-state index is -0.763. The van der Waals surface area contributed by atoms with E-state index < -0.39 is 16.6 Å². The second-order valence-corrected chi connectivity index (χ2v) is 4.38. The Morgan fingerprint density at radius 3 is 2.71 bits per heavy atom. The van der Waals surface area contributed by atoms with Gasteiger partial charge in [0.15, 0.2) is 0 Å². The van der Waals surface area contributed by atoms with Gasteiger partial charge in [0.1, 0.15) is 10.6 Å². The van der Waals surface area contributed by atoms with E-state index in [-0.39, 0.29) is 5.56 Å². The molecule has 1 rings (SSSR count). The topological polar surface area (TPSA) is 26.3 Å². The van der Waals surface area contributed by atoms with Crippen LogP contribution in [-0.2, 0) is 9.53 Å². The molecule has 0 aromatic heterocycles. The monoisotopic (exact) mass is 324 g/mol. The van der Waals surface area contributed by atoms with Crippen LogP contribution in [0.3, 0.4) is 0 Å². The zero-order valence-electron chi connectivity index (χ0n) is 7.26. The molecular formula is C9H7Br2FO2. The molecule has 1 unspecified atom stereocenters. The normalized spacial score (nSPS) is 12.3. The summed E-state index contributed by atoms with van der Waals surface area (Å²) < 4.78 is 18.4. The molecule has 0 saturated heterocycles. The van der Waals surface area contributed by atoms with Crippen molar-refractivity contribution in [2.75, 3.05) is 7.11 Å². The van der Waals surface area contributed by atoms with E-state index in [9.17, 15) is 9.18 Å². The first-order chi connectivity index (χ1) is 6.56. The number of alkyl halides is 1. The van der Waals surface area contributed by atoms with Crippen LogP contribution in [0, 0.1) is 5.82 Å². The number of halogens is 3. The SMILES string of the molecule is COC(=O)C(Br)c1ccc(Br)cc1F. The quantitative estimate of drug-likeness (QED) is 0.616. The number of rotatable bonds is 2. The summed E-state index contributed by atoms with van der Waals surface area (Å²) in [5.41, 5.74) is 0.264. The number of benzene rings is 1. The van der Waals surface area contributed by atoms with Crippen LogP contribution >= 0.6 is 31.9 Å². The molecule has 14 heavy (non-hydrogen) atoms. The van der Waals surface area contributed by atoms with E-state index in [1.54, 1.807) is 6.07 Å². The predicted octanol–water partition coefficient (Wildman–Crippen LogP) is 3.20. The van der Waals surface area contributed by atoms with Crippen LogP contribution < -0.4 is 0 Å². The van der Waals surface area contributed by atoms with Crippen molar-refractivity contribution in [2.24, 2.45) is 0 Å². The zero-order valence-corrected chi connectivity index (χ0v) is 10.4. The number of esters is 1. The van der Waals surface area contributed by atoms with Crippen molar-refractivity contribution in [1.82, 2.24) is 0 Å². The average molecular weight is 326 g/mol. The summed E-state index contributed by atoms with van der Waals surface area (Å²) in [6.07, 6.45) is 0. The van der Waals surface area contributed by atoms with Crippen molar-refractivity contribution >= 4 is 37.8 Å². The van der Waals surface area contributed by atoms with Crippen LogP contribution in [0.15, 0.2) is 22.7 Å². The van der Waals surface area contributed by atoms with Crippen molar-refractivity contribution in [1.29, 1.82) is 0 Å². The van der Waals surface area contributed by atoms with Crippen LogP contribution in [0.25, 0.3) is 0 Å². The van der Waals surface area contributed by atoms with Gasteiger partial charge in [-0.3, -0.25) is 4.79 Å². The number of ether oxygens (including phenoxy) is 1. The highest BCUT2D eigenvalue weighted by Crippen LogP contribution is 2.28. The molecule has 1 aromatic rings. The van der Waals surface area contributed by atoms with Crippen molar-refractivity contribution < 1.29 is 13.9 Å². The molecular weight excluding hydrogens is 319 g/mol. The molecule has 0 radical (unpaired) electrons. The first-order valence-corrected chi connectivity index (χ1v) is 5.44. The molecule has 5 heteroatoms. The lowest BCUT2D eigenvalue weighted by Gasteiger charge is -2.08. The van der Waals surface area contributed by atoms with E-state index in [0.717, 1.165) is 0 Å². The summed E-state index contributed by atoms with van der Waals surface area (Å²) in [4.78, 5) is 10.3. The Balaban J connectivity index is 3.01. The molecule has 0 heterocycles. The van der Waals surface area contributed by atoms with E-state index >= 15 is 0 Å². The Kier molecular flexibility index (Phi) is 4.07. The van der Waals surface area contributed by atoms with Crippen LogP contribution in [-0.4, -0.2) is 13.1 Å². The summed E-state index contributed by atoms with van der Waals surface area (Å²) >= 11 is 6.19. The molecule has 0 aliphatic carbocycles. The third-order valence-corrected chi connectivity index (χ3v) is 3.00. The maximum atomic E-state index is 13.3. The van der Waals surface area contributed by atoms with Gasteiger partial charge < -0.3 is 4.74 Å². The lowest BCUT2D eigenvalue weighted by molar-refractivity contribution is -0.139. The van der Waals surface area contributed by atoms with Gasteiger partial charge in [-0.05, 0) is 12.1 Å². The van der Waals surface area contributed by atoms with Gasteiger partial charge in [0.2, 0.25) is 0 Å². The molecule has 0 aliphatic rings. The Morgan fingerprint density at radius 2 is 2.21 bits per heavy atom. The second kappa shape index (κ2) is 4.89. The lowest BCUT2D eigenvalue weighted by Crippen LogP contribution is -2.09. The van der Waals surface area contributed by atoms with Gasteiger partial charge in [0.05, 0.1) is 7.11 Å². The van der Waals surface area contributed by atoms with Crippen molar-refractivity contribution in [3.8, 4) is 0 Å². The average Bonchev–Trinajstić information content (AvgIpc) is 2.15. The molecule has 0 bridgehead atoms. The van der Waals surface area contributed by atoms with Crippen LogP contribution in [0.1, 0.15) is 10.4 Å². The van der Waals surface area contributed by atoms with Gasteiger partial charge in [-0.15, -0.1) is 0 Å². The summed E-state index contributed by atoms with van der Waals surface area (Å²) in [6.45, 7) is 0. The summed E-state index contributed by atoms with van der Waals surface area (Å²) in [6, 6.07) is 4.48. The molecule has 0 amide bonds. The van der Waals surface area contributed by atoms with Crippen LogP contribution in [0.4, 0.5) is 4.39 Å². The summed E-state index contributed by atoms with van der Waals surface area (Å²) in [5.74, 6) is -0.974. The first kappa shape index (κ1) is 11.7. The largest absolute Gasteiger partial charge is 0.468 e. The van der Waals surface area contributed by atoms with E-state index in [1.807, 2.05) is 0 Å². The van der Waals surface area contributed by atoms with Crippen molar-refractivity contribution in [2.45, 2.75) is 4.83 Å². The van der Waals surface area contributed by atoms with Gasteiger partial charge in [0, 0.05) is 10.0 Å². The lowest BCUT2D eigenvalue weighted by atomic mass is 10.1. The Morgan fingerprint density at radius 1 is 1.57 bits per heavy atom. The summed E-state index contributed by atoms with van der Waals surface area (Å²) in [7, 11) is 1.26. The Bertz CT molecular complexity index is 355. The number of carbonyl (C=O) groups excluding carboxylic acids is 1. The summed E-state index contributed by atoms with van der Waals surface area (Å²) in [5, 5.41) is 0. The highest BCUT2D eigenvalue weighted by molar-refractivity contribution is 9.10. The molecule has 0 N–H and O–H groups in total. The highest BCUT2D eigenvalue weighted by Gasteiger charge is 2.20. The molecule has 76 valence electrons. The zero-order chi connectivity index (χ0) is 10.7. The van der Waals surface area contributed by atoms with Crippen molar-refractivity contribution in [3.63, 3.8) is 0 Å². The van der Waals surface area contributed by atoms with E-state index in [1.165, 1.54) is 19.2 Å². The number of methoxy groups -OCH3 is 1. The fraction of sp³-hybridized carbons (Fsp3) is 0.222. The van der Waals surface area contributed by atoms with Crippen molar-refractivity contribution in [3.05, 3.63) is 34.1 Å². The number of carbonyl (C=O) groups is 1. The van der Waals surface area contributed by atoms with Gasteiger partial charge in [-0.25, -0.2) is 4.39 Å². The molecule has 1 atom stereocenters. The highest BCUT2D eigenvalue weighted by atomic mass is 79.9. The number of hydrogen-bond donors (Lipinski definition) is 0. The molecule has 0 spiro atoms. The van der Waals surface area contributed by atoms with Gasteiger partial charge in [-0.1, -0.05) is 37.9 Å². The fourth-order valence-electron chi connectivity index (χ4n) is 0.937. The minimum absolute atomic E-state index is 0.264. The Hall–Kier alpha value is -0.420. The first-order valence-electron chi connectivity index (χ1n) is 3.73. The third-order valence-electron chi connectivity index (χ3n) is 1.64. The van der Waals surface area contributed by atoms with Crippen LogP contribution in [0.2, 0.25) is 0 Å². The smallest absolute Gasteiger partial charge is 0.324 e. The van der Waals surface area contributed by atoms with E-state index in [0.29, 0.717) is 4.47 Å². The standard InChI is InChI=1S/C9H7Br2FO2/c1-14-9(13)8(11)6-3-2-5(10)4-7(6)12/h2-4,8H,1H3. The van der Waals surface area contributed by atoms with Gasteiger partial charge >= 0.3 is 5.97 Å². The maximum absolute atomic E-state index is 13.3. The number of hydrogen-bond acceptors (Lipinski definition) is 2. The fourth-order valence-corrected chi connectivity index (χ4v) is 1.83. The van der Waals surface area contributed by atoms with Gasteiger partial charge in [-0.2, -0.15) is 0 Å². The molecule has 1 aromatic carbocycles. The maximum Gasteiger partial charge on any atom is 0.324 e. The molecule has 0 aliphatic heterocycles. The van der Waals surface area contributed by atoms with E-state index in [4.69, 9.17) is 0 Å².